The first-order chi connectivity index (χ1) is 11.5. The molecule has 3 aromatic rings. The minimum Gasteiger partial charge on any atom is -0.311 e. The molecule has 126 valence electrons. The monoisotopic (exact) mass is 349 g/mol. The molecule has 0 saturated heterocycles. The third-order valence-corrected chi connectivity index (χ3v) is 4.74. The number of aromatic nitrogens is 3. The van der Waals surface area contributed by atoms with Crippen molar-refractivity contribution in [1.29, 1.82) is 0 Å². The molecule has 0 unspecified atom stereocenters. The summed E-state index contributed by atoms with van der Waals surface area (Å²) in [5.41, 5.74) is -0.444. The van der Waals surface area contributed by atoms with Crippen LogP contribution < -0.4 is 16.1 Å². The fraction of sp³-hybridized carbons (Fsp3) is 0.312. The predicted octanol–water partition coefficient (Wildman–Crippen LogP) is 2.01. The predicted molar refractivity (Wildman–Crippen MR) is 91.9 cm³/mol. The second-order valence-corrected chi connectivity index (χ2v) is 6.41. The minimum absolute atomic E-state index is 0.154. The Bertz CT molecular complexity index is 1060. The number of rotatable bonds is 4. The summed E-state index contributed by atoms with van der Waals surface area (Å²) >= 11 is 0.945. The van der Waals surface area contributed by atoms with Crippen LogP contribution in [-0.4, -0.2) is 14.1 Å². The van der Waals surface area contributed by atoms with E-state index in [0.29, 0.717) is 28.9 Å². The van der Waals surface area contributed by atoms with Gasteiger partial charge in [0.1, 0.15) is 5.82 Å². The van der Waals surface area contributed by atoms with Crippen LogP contribution in [0.5, 0.6) is 0 Å². The maximum atomic E-state index is 14.5. The number of aryl methyl sites for hydroxylation is 2. The Hall–Kier alpha value is -2.48. The summed E-state index contributed by atoms with van der Waals surface area (Å²) in [5, 5.41) is 0. The molecule has 0 aliphatic rings. The van der Waals surface area contributed by atoms with Gasteiger partial charge in [-0.2, -0.15) is 0 Å². The number of halogens is 1. The summed E-state index contributed by atoms with van der Waals surface area (Å²) in [7, 11) is 0. The Morgan fingerprint density at radius 3 is 2.54 bits per heavy atom. The summed E-state index contributed by atoms with van der Waals surface area (Å²) in [6, 6.07) is 3.86. The average molecular weight is 349 g/mol. The summed E-state index contributed by atoms with van der Waals surface area (Å²) in [4.78, 5) is 38.8. The normalized spacial score (nSPS) is 11.3. The number of thiazole rings is 1. The van der Waals surface area contributed by atoms with Crippen LogP contribution in [0.1, 0.15) is 26.0 Å². The first-order valence-electron chi connectivity index (χ1n) is 7.64. The van der Waals surface area contributed by atoms with Crippen molar-refractivity contribution < 1.29 is 4.39 Å². The van der Waals surface area contributed by atoms with E-state index in [1.54, 1.807) is 6.92 Å². The fourth-order valence-electron chi connectivity index (χ4n) is 2.64. The molecule has 1 aromatic carbocycles. The third-order valence-electron chi connectivity index (χ3n) is 3.79. The fourth-order valence-corrected chi connectivity index (χ4v) is 3.57. The molecular formula is C16H16FN3O3S. The van der Waals surface area contributed by atoms with Gasteiger partial charge in [0.05, 0.1) is 15.9 Å². The minimum atomic E-state index is -0.718. The molecule has 1 N–H and O–H groups in total. The van der Waals surface area contributed by atoms with Crippen LogP contribution in [0, 0.1) is 5.82 Å². The molecule has 0 spiro atoms. The van der Waals surface area contributed by atoms with Crippen LogP contribution in [0.4, 0.5) is 4.39 Å². The summed E-state index contributed by atoms with van der Waals surface area (Å²) in [6.07, 6.45) is 1.23. The molecule has 24 heavy (non-hydrogen) atoms. The van der Waals surface area contributed by atoms with E-state index in [4.69, 9.17) is 0 Å². The Labute approximate surface area is 139 Å². The summed E-state index contributed by atoms with van der Waals surface area (Å²) in [6.45, 7) is 4.22. The van der Waals surface area contributed by atoms with E-state index < -0.39 is 17.1 Å². The van der Waals surface area contributed by atoms with Gasteiger partial charge in [0.2, 0.25) is 0 Å². The number of benzene rings is 1. The van der Waals surface area contributed by atoms with Crippen molar-refractivity contribution in [3.8, 4) is 5.69 Å². The molecular weight excluding hydrogens is 333 g/mol. The number of nitrogens with one attached hydrogen (secondary N) is 1. The number of hydrogen-bond donors (Lipinski definition) is 1. The highest BCUT2D eigenvalue weighted by Gasteiger charge is 2.16. The van der Waals surface area contributed by atoms with Crippen LogP contribution in [0.25, 0.3) is 15.9 Å². The highest BCUT2D eigenvalue weighted by molar-refractivity contribution is 7.16. The number of H-pyrrole nitrogens is 1. The molecule has 2 aromatic heterocycles. The quantitative estimate of drug-likeness (QED) is 0.783. The van der Waals surface area contributed by atoms with Gasteiger partial charge in [-0.3, -0.25) is 14.2 Å². The highest BCUT2D eigenvalue weighted by atomic mass is 32.1. The maximum absolute atomic E-state index is 14.5. The second kappa shape index (κ2) is 6.20. The van der Waals surface area contributed by atoms with Crippen molar-refractivity contribution in [1.82, 2.24) is 14.1 Å². The van der Waals surface area contributed by atoms with Crippen molar-refractivity contribution in [2.45, 2.75) is 33.2 Å². The van der Waals surface area contributed by atoms with Crippen molar-refractivity contribution in [3.05, 3.63) is 60.2 Å². The lowest BCUT2D eigenvalue weighted by Crippen LogP contribution is -2.34. The number of aromatic amines is 1. The topological polar surface area (TPSA) is 76.9 Å². The first kappa shape index (κ1) is 16.4. The lowest BCUT2D eigenvalue weighted by atomic mass is 10.2. The Morgan fingerprint density at radius 1 is 1.17 bits per heavy atom. The Balaban J connectivity index is 2.33. The summed E-state index contributed by atoms with van der Waals surface area (Å²) < 4.78 is 17.2. The van der Waals surface area contributed by atoms with Gasteiger partial charge in [0, 0.05) is 18.3 Å². The first-order valence-corrected chi connectivity index (χ1v) is 8.46. The SMILES string of the molecule is CCCn1c(=O)sc2cc(F)c(-n3c(=O)cc(CC)[nH]c3=O)cc21. The molecule has 2 heterocycles. The van der Waals surface area contributed by atoms with Gasteiger partial charge in [-0.1, -0.05) is 25.2 Å². The molecule has 0 aliphatic carbocycles. The zero-order valence-corrected chi connectivity index (χ0v) is 14.1. The molecule has 0 fully saturated rings. The van der Waals surface area contributed by atoms with Gasteiger partial charge < -0.3 is 4.98 Å². The van der Waals surface area contributed by atoms with E-state index in [0.717, 1.165) is 22.3 Å². The molecule has 8 heteroatoms. The van der Waals surface area contributed by atoms with Gasteiger partial charge >= 0.3 is 10.6 Å². The number of hydrogen-bond acceptors (Lipinski definition) is 4. The number of nitrogens with zero attached hydrogens (tertiary/aromatic N) is 2. The molecule has 0 atom stereocenters. The Morgan fingerprint density at radius 2 is 1.92 bits per heavy atom. The second-order valence-electron chi connectivity index (χ2n) is 5.42. The lowest BCUT2D eigenvalue weighted by Gasteiger charge is -2.08. The van der Waals surface area contributed by atoms with Gasteiger partial charge in [-0.05, 0) is 25.0 Å². The van der Waals surface area contributed by atoms with Crippen molar-refractivity contribution in [3.63, 3.8) is 0 Å². The standard InChI is InChI=1S/C16H16FN3O3S/c1-3-5-19-12-8-11(10(17)7-13(12)24-16(19)23)20-14(21)6-9(4-2)18-15(20)22/h6-8H,3-5H2,1-2H3,(H,18,22). The largest absolute Gasteiger partial charge is 0.333 e. The van der Waals surface area contributed by atoms with Gasteiger partial charge in [0.25, 0.3) is 5.56 Å². The zero-order valence-electron chi connectivity index (χ0n) is 13.3. The van der Waals surface area contributed by atoms with Crippen LogP contribution in [0.3, 0.4) is 0 Å². The average Bonchev–Trinajstić information content (AvgIpc) is 2.82. The van der Waals surface area contributed by atoms with Crippen molar-refractivity contribution in [2.24, 2.45) is 0 Å². The molecule has 0 radical (unpaired) electrons. The molecule has 0 amide bonds. The molecule has 0 saturated carbocycles. The molecule has 3 rings (SSSR count). The highest BCUT2D eigenvalue weighted by Crippen LogP contribution is 2.23. The maximum Gasteiger partial charge on any atom is 0.333 e. The third kappa shape index (κ3) is 2.62. The van der Waals surface area contributed by atoms with E-state index in [2.05, 4.69) is 4.98 Å². The van der Waals surface area contributed by atoms with Crippen LogP contribution >= 0.6 is 11.3 Å². The zero-order chi connectivity index (χ0) is 17.4. The molecule has 6 nitrogen and oxygen atoms in total. The van der Waals surface area contributed by atoms with E-state index in [1.165, 1.54) is 22.8 Å². The molecule has 0 aliphatic heterocycles. The van der Waals surface area contributed by atoms with E-state index >= 15 is 0 Å². The van der Waals surface area contributed by atoms with Gasteiger partial charge in [-0.15, -0.1) is 0 Å². The van der Waals surface area contributed by atoms with Crippen LogP contribution in [0.15, 0.2) is 32.6 Å². The van der Waals surface area contributed by atoms with E-state index in [9.17, 15) is 18.8 Å². The summed E-state index contributed by atoms with van der Waals surface area (Å²) in [5.74, 6) is -0.718. The Kier molecular flexibility index (Phi) is 4.23. The number of fused-ring (bicyclic) bond motifs is 1. The lowest BCUT2D eigenvalue weighted by molar-refractivity contribution is 0.613. The van der Waals surface area contributed by atoms with Crippen molar-refractivity contribution in [2.75, 3.05) is 0 Å². The van der Waals surface area contributed by atoms with E-state index in [1.807, 2.05) is 6.92 Å². The smallest absolute Gasteiger partial charge is 0.311 e. The molecule has 0 bridgehead atoms. The van der Waals surface area contributed by atoms with E-state index in [-0.39, 0.29) is 10.6 Å². The van der Waals surface area contributed by atoms with Crippen LogP contribution in [-0.2, 0) is 13.0 Å². The van der Waals surface area contributed by atoms with Crippen LogP contribution in [0.2, 0.25) is 0 Å². The van der Waals surface area contributed by atoms with Gasteiger partial charge in [0.15, 0.2) is 0 Å². The van der Waals surface area contributed by atoms with Gasteiger partial charge in [-0.25, -0.2) is 13.8 Å². The van der Waals surface area contributed by atoms with Crippen molar-refractivity contribution >= 4 is 21.6 Å².